The van der Waals surface area contributed by atoms with Crippen molar-refractivity contribution in [1.82, 2.24) is 0 Å². The van der Waals surface area contributed by atoms with Crippen molar-refractivity contribution < 1.29 is 24.1 Å². The van der Waals surface area contributed by atoms with Crippen LogP contribution in [-0.2, 0) is 0 Å². The first-order chi connectivity index (χ1) is 8.24. The third kappa shape index (κ3) is 2.50. The number of benzene rings is 1. The predicted octanol–water partition coefficient (Wildman–Crippen LogP) is 1.38. The Bertz CT molecular complexity index is 416. The van der Waals surface area contributed by atoms with Crippen LogP contribution in [0.5, 0.6) is 17.2 Å². The largest absolute Gasteiger partial charge is 0.490 e. The minimum absolute atomic E-state index is 0.147. The van der Waals surface area contributed by atoms with Crippen molar-refractivity contribution in [2.45, 2.75) is 19.4 Å². The maximum absolute atomic E-state index is 10.9. The molecule has 0 aliphatic carbocycles. The second kappa shape index (κ2) is 5.05. The van der Waals surface area contributed by atoms with Crippen LogP contribution in [0.15, 0.2) is 12.1 Å². The Morgan fingerprint density at radius 3 is 2.82 bits per heavy atom. The molecule has 0 radical (unpaired) electrons. The molecule has 1 aliphatic heterocycles. The van der Waals surface area contributed by atoms with Gasteiger partial charge in [0.15, 0.2) is 17.8 Å². The molecule has 0 fully saturated rings. The number of ether oxygens (including phenoxy) is 3. The van der Waals surface area contributed by atoms with E-state index in [0.29, 0.717) is 35.5 Å². The summed E-state index contributed by atoms with van der Waals surface area (Å²) in [5.74, 6) is 1.49. The van der Waals surface area contributed by atoms with Gasteiger partial charge in [0.2, 0.25) is 6.79 Å². The number of hydrogen-bond acceptors (Lipinski definition) is 5. The molecule has 1 unspecified atom stereocenters. The van der Waals surface area contributed by atoms with Crippen molar-refractivity contribution in [3.8, 4) is 17.2 Å². The van der Waals surface area contributed by atoms with Gasteiger partial charge in [0, 0.05) is 6.07 Å². The molecular weight excluding hydrogens is 224 g/mol. The summed E-state index contributed by atoms with van der Waals surface area (Å²) < 4.78 is 15.7. The third-order valence-corrected chi connectivity index (χ3v) is 2.53. The molecule has 1 aromatic carbocycles. The Hall–Kier alpha value is -1.75. The first-order valence-electron chi connectivity index (χ1n) is 5.44. The Morgan fingerprint density at radius 1 is 1.47 bits per heavy atom. The molecule has 0 amide bonds. The van der Waals surface area contributed by atoms with Gasteiger partial charge in [-0.15, -0.1) is 0 Å². The maximum atomic E-state index is 10.9. The zero-order valence-corrected chi connectivity index (χ0v) is 9.51. The summed E-state index contributed by atoms with van der Waals surface area (Å²) >= 11 is 0. The van der Waals surface area contributed by atoms with Gasteiger partial charge in [0.05, 0.1) is 11.7 Å². The summed E-state index contributed by atoms with van der Waals surface area (Å²) in [4.78, 5) is 10.9. The van der Waals surface area contributed by atoms with Crippen molar-refractivity contribution in [3.63, 3.8) is 0 Å². The smallest absolute Gasteiger partial charge is 0.231 e. The summed E-state index contributed by atoms with van der Waals surface area (Å²) in [6.45, 7) is 2.15. The number of aliphatic hydroxyl groups is 1. The van der Waals surface area contributed by atoms with Gasteiger partial charge in [-0.1, -0.05) is 6.92 Å². The van der Waals surface area contributed by atoms with E-state index in [0.717, 1.165) is 0 Å². The van der Waals surface area contributed by atoms with E-state index in [2.05, 4.69) is 0 Å². The quantitative estimate of drug-likeness (QED) is 0.785. The van der Waals surface area contributed by atoms with Crippen molar-refractivity contribution in [1.29, 1.82) is 0 Å². The zero-order valence-electron chi connectivity index (χ0n) is 9.51. The summed E-state index contributed by atoms with van der Waals surface area (Å²) in [5, 5.41) is 9.41. The first-order valence-corrected chi connectivity index (χ1v) is 5.44. The lowest BCUT2D eigenvalue weighted by Crippen LogP contribution is -2.16. The van der Waals surface area contributed by atoms with Crippen molar-refractivity contribution in [2.24, 2.45) is 0 Å². The van der Waals surface area contributed by atoms with E-state index < -0.39 is 6.10 Å². The van der Waals surface area contributed by atoms with E-state index in [1.54, 1.807) is 12.1 Å². The molecule has 1 N–H and O–H groups in total. The molecule has 1 heterocycles. The lowest BCUT2D eigenvalue weighted by atomic mass is 10.2. The number of carbonyl (C=O) groups excluding carboxylic acids is 1. The summed E-state index contributed by atoms with van der Waals surface area (Å²) in [7, 11) is 0. The van der Waals surface area contributed by atoms with Gasteiger partial charge < -0.3 is 19.3 Å². The van der Waals surface area contributed by atoms with Crippen LogP contribution in [0.2, 0.25) is 0 Å². The molecule has 0 spiro atoms. The number of carbonyl (C=O) groups is 1. The molecule has 1 aromatic rings. The van der Waals surface area contributed by atoms with Gasteiger partial charge in [-0.25, -0.2) is 0 Å². The topological polar surface area (TPSA) is 65.0 Å². The van der Waals surface area contributed by atoms with E-state index in [4.69, 9.17) is 14.2 Å². The van der Waals surface area contributed by atoms with Crippen molar-refractivity contribution >= 4 is 6.29 Å². The monoisotopic (exact) mass is 238 g/mol. The van der Waals surface area contributed by atoms with Gasteiger partial charge in [-0.2, -0.15) is 0 Å². The zero-order chi connectivity index (χ0) is 12.3. The van der Waals surface area contributed by atoms with E-state index in [-0.39, 0.29) is 13.4 Å². The fourth-order valence-corrected chi connectivity index (χ4v) is 1.46. The third-order valence-electron chi connectivity index (χ3n) is 2.53. The van der Waals surface area contributed by atoms with Crippen LogP contribution in [0, 0.1) is 0 Å². The van der Waals surface area contributed by atoms with Gasteiger partial charge in [-0.05, 0) is 12.5 Å². The lowest BCUT2D eigenvalue weighted by Gasteiger charge is -2.12. The Labute approximate surface area is 98.9 Å². The highest BCUT2D eigenvalue weighted by Crippen LogP contribution is 2.37. The molecule has 0 saturated heterocycles. The van der Waals surface area contributed by atoms with Crippen molar-refractivity contribution in [3.05, 3.63) is 17.7 Å². The molecular formula is C12H14O5. The van der Waals surface area contributed by atoms with E-state index in [9.17, 15) is 9.90 Å². The fraction of sp³-hybridized carbons (Fsp3) is 0.417. The van der Waals surface area contributed by atoms with Crippen molar-refractivity contribution in [2.75, 3.05) is 13.4 Å². The van der Waals surface area contributed by atoms with Gasteiger partial charge in [0.1, 0.15) is 12.4 Å². The molecule has 92 valence electrons. The van der Waals surface area contributed by atoms with Gasteiger partial charge >= 0.3 is 0 Å². The van der Waals surface area contributed by atoms with Crippen LogP contribution >= 0.6 is 0 Å². The predicted molar refractivity (Wildman–Crippen MR) is 59.7 cm³/mol. The normalized spacial score (nSPS) is 14.5. The lowest BCUT2D eigenvalue weighted by molar-refractivity contribution is 0.101. The van der Waals surface area contributed by atoms with E-state index >= 15 is 0 Å². The average Bonchev–Trinajstić information content (AvgIpc) is 2.81. The summed E-state index contributed by atoms with van der Waals surface area (Å²) in [6, 6.07) is 3.18. The highest BCUT2D eigenvalue weighted by atomic mass is 16.7. The molecule has 1 aliphatic rings. The molecule has 2 rings (SSSR count). The van der Waals surface area contributed by atoms with Crippen LogP contribution < -0.4 is 14.2 Å². The number of hydrogen-bond donors (Lipinski definition) is 1. The second-order valence-corrected chi connectivity index (χ2v) is 3.73. The fourth-order valence-electron chi connectivity index (χ4n) is 1.46. The molecule has 5 heteroatoms. The first kappa shape index (κ1) is 11.7. The average molecular weight is 238 g/mol. The van der Waals surface area contributed by atoms with Crippen LogP contribution in [0.3, 0.4) is 0 Å². The number of aliphatic hydroxyl groups excluding tert-OH is 1. The van der Waals surface area contributed by atoms with Crippen LogP contribution in [0.25, 0.3) is 0 Å². The van der Waals surface area contributed by atoms with Gasteiger partial charge in [-0.3, -0.25) is 4.79 Å². The molecule has 0 aromatic heterocycles. The number of aldehydes is 1. The second-order valence-electron chi connectivity index (χ2n) is 3.73. The number of rotatable bonds is 5. The molecule has 5 nitrogen and oxygen atoms in total. The van der Waals surface area contributed by atoms with Crippen LogP contribution in [0.4, 0.5) is 0 Å². The summed E-state index contributed by atoms with van der Waals surface area (Å²) in [5.41, 5.74) is 0.387. The van der Waals surface area contributed by atoms with E-state index in [1.165, 1.54) is 0 Å². The maximum Gasteiger partial charge on any atom is 0.231 e. The van der Waals surface area contributed by atoms with Crippen LogP contribution in [0.1, 0.15) is 23.7 Å². The van der Waals surface area contributed by atoms with Gasteiger partial charge in [0.25, 0.3) is 0 Å². The summed E-state index contributed by atoms with van der Waals surface area (Å²) in [6.07, 6.45) is 0.747. The molecule has 1 atom stereocenters. The molecule has 17 heavy (non-hydrogen) atoms. The van der Waals surface area contributed by atoms with E-state index in [1.807, 2.05) is 6.92 Å². The standard InChI is InChI=1S/C12H14O5/c1-2-9(14)6-15-10-4-12-11(16-7-17-12)3-8(10)5-13/h3-5,9,14H,2,6-7H2,1H3. The Balaban J connectivity index is 2.17. The Kier molecular flexibility index (Phi) is 3.49. The minimum Gasteiger partial charge on any atom is -0.490 e. The molecule has 0 bridgehead atoms. The number of fused-ring (bicyclic) bond motifs is 1. The molecule has 0 saturated carbocycles. The van der Waals surface area contributed by atoms with Crippen LogP contribution in [-0.4, -0.2) is 30.9 Å². The SMILES string of the molecule is CCC(O)COc1cc2c(cc1C=O)OCO2. The highest BCUT2D eigenvalue weighted by molar-refractivity contribution is 5.81. The minimum atomic E-state index is -0.542. The highest BCUT2D eigenvalue weighted by Gasteiger charge is 2.18. The Morgan fingerprint density at radius 2 is 2.18 bits per heavy atom.